The number of rotatable bonds is 2. The van der Waals surface area contributed by atoms with Crippen molar-refractivity contribution in [1.82, 2.24) is 15.0 Å². The van der Waals surface area contributed by atoms with Crippen LogP contribution in [-0.2, 0) is 0 Å². The maximum atomic E-state index is 11.7. The minimum atomic E-state index is -2.85. The Bertz CT molecular complexity index is 272. The molecule has 1 rings (SSSR count). The van der Waals surface area contributed by atoms with E-state index in [0.29, 0.717) is 6.20 Å². The van der Waals surface area contributed by atoms with Crippen LogP contribution in [-0.4, -0.2) is 26.1 Å². The van der Waals surface area contributed by atoms with Crippen molar-refractivity contribution < 1.29 is 18.7 Å². The van der Waals surface area contributed by atoms with E-state index in [1.165, 1.54) is 0 Å². The van der Waals surface area contributed by atoms with Gasteiger partial charge in [0.05, 0.1) is 6.20 Å². The highest BCUT2D eigenvalue weighted by molar-refractivity contribution is 5.84. The molecule has 60 valence electrons. The van der Waals surface area contributed by atoms with E-state index < -0.39 is 18.2 Å². The van der Waals surface area contributed by atoms with Gasteiger partial charge in [-0.15, -0.1) is 5.10 Å². The van der Waals surface area contributed by atoms with Gasteiger partial charge in [-0.05, 0) is 0 Å². The summed E-state index contributed by atoms with van der Waals surface area (Å²) in [6, 6.07) is 0. The zero-order valence-electron chi connectivity index (χ0n) is 5.11. The number of nitrogens with zero attached hydrogens (tertiary/aromatic N) is 3. The van der Waals surface area contributed by atoms with Gasteiger partial charge in [-0.1, -0.05) is 5.21 Å². The molecular formula is C4H3F2N3O2. The molecule has 1 N–H and O–H groups in total. The number of hydrogen-bond acceptors (Lipinski definition) is 3. The predicted molar refractivity (Wildman–Crippen MR) is 28.2 cm³/mol. The molecule has 0 saturated carbocycles. The van der Waals surface area contributed by atoms with Gasteiger partial charge in [0.15, 0.2) is 5.69 Å². The Kier molecular flexibility index (Phi) is 1.79. The van der Waals surface area contributed by atoms with Gasteiger partial charge in [0.1, 0.15) is 0 Å². The quantitative estimate of drug-likeness (QED) is 0.683. The number of halogens is 2. The Balaban J connectivity index is 2.90. The number of alkyl halides is 2. The first-order chi connectivity index (χ1) is 5.11. The molecule has 0 fully saturated rings. The largest absolute Gasteiger partial charge is 0.476 e. The van der Waals surface area contributed by atoms with Gasteiger partial charge < -0.3 is 5.11 Å². The summed E-state index contributed by atoms with van der Waals surface area (Å²) in [5.41, 5.74) is -0.495. The molecule has 0 unspecified atom stereocenters. The van der Waals surface area contributed by atoms with Gasteiger partial charge in [-0.3, -0.25) is 0 Å². The van der Waals surface area contributed by atoms with E-state index >= 15 is 0 Å². The van der Waals surface area contributed by atoms with E-state index in [2.05, 4.69) is 10.3 Å². The second-order valence-corrected chi connectivity index (χ2v) is 1.67. The number of aromatic carboxylic acids is 1. The maximum absolute atomic E-state index is 11.7. The fourth-order valence-electron chi connectivity index (χ4n) is 0.470. The lowest BCUT2D eigenvalue weighted by atomic mass is 10.5. The monoisotopic (exact) mass is 163 g/mol. The molecule has 0 atom stereocenters. The normalized spacial score (nSPS) is 10.5. The molecule has 0 aliphatic heterocycles. The fraction of sp³-hybridized carbons (Fsp3) is 0.250. The molecule has 0 aromatic carbocycles. The van der Waals surface area contributed by atoms with E-state index in [1.54, 1.807) is 0 Å². The summed E-state index contributed by atoms with van der Waals surface area (Å²) in [4.78, 5) is 10.1. The van der Waals surface area contributed by atoms with Crippen LogP contribution < -0.4 is 0 Å². The predicted octanol–water partition coefficient (Wildman–Crippen LogP) is 0.371. The molecule has 1 heterocycles. The summed E-state index contributed by atoms with van der Waals surface area (Å²) >= 11 is 0. The number of aromatic nitrogens is 3. The molecule has 0 amide bonds. The standard InChI is InChI=1S/C4H3F2N3O2/c5-4(6)9-1-2(3(10)11)7-8-9/h1,4H,(H,10,11). The maximum Gasteiger partial charge on any atom is 0.358 e. The SMILES string of the molecule is O=C(O)c1cn(C(F)F)nn1. The minimum absolute atomic E-state index is 0.170. The van der Waals surface area contributed by atoms with Crippen LogP contribution >= 0.6 is 0 Å². The number of carbonyl (C=O) groups is 1. The molecule has 0 saturated heterocycles. The van der Waals surface area contributed by atoms with Crippen LogP contribution in [0.5, 0.6) is 0 Å². The first-order valence-electron chi connectivity index (χ1n) is 2.54. The second-order valence-electron chi connectivity index (χ2n) is 1.67. The van der Waals surface area contributed by atoms with Crippen molar-refractivity contribution in [3.63, 3.8) is 0 Å². The molecule has 5 nitrogen and oxygen atoms in total. The van der Waals surface area contributed by atoms with Crippen LogP contribution in [0, 0.1) is 0 Å². The summed E-state index contributed by atoms with van der Waals surface area (Å²) < 4.78 is 23.6. The third kappa shape index (κ3) is 1.48. The summed E-state index contributed by atoms with van der Waals surface area (Å²) in [6.45, 7) is -2.85. The number of hydrogen-bond donors (Lipinski definition) is 1. The Hall–Kier alpha value is -1.53. The Labute approximate surface area is 59.2 Å². The molecule has 0 spiro atoms. The van der Waals surface area contributed by atoms with E-state index in [-0.39, 0.29) is 4.68 Å². The van der Waals surface area contributed by atoms with Crippen molar-refractivity contribution in [3.8, 4) is 0 Å². The van der Waals surface area contributed by atoms with E-state index in [9.17, 15) is 13.6 Å². The average molecular weight is 163 g/mol. The van der Waals surface area contributed by atoms with Crippen molar-refractivity contribution >= 4 is 5.97 Å². The smallest absolute Gasteiger partial charge is 0.358 e. The average Bonchev–Trinajstić information content (AvgIpc) is 2.33. The molecule has 0 aliphatic carbocycles. The topological polar surface area (TPSA) is 68.0 Å². The van der Waals surface area contributed by atoms with Crippen molar-refractivity contribution in [2.45, 2.75) is 6.55 Å². The molecule has 1 aromatic heterocycles. The van der Waals surface area contributed by atoms with Crippen LogP contribution in [0.2, 0.25) is 0 Å². The number of carboxylic acids is 1. The van der Waals surface area contributed by atoms with Gasteiger partial charge in [-0.2, -0.15) is 13.5 Å². The molecule has 11 heavy (non-hydrogen) atoms. The molecule has 1 aromatic rings. The van der Waals surface area contributed by atoms with Crippen molar-refractivity contribution in [2.75, 3.05) is 0 Å². The van der Waals surface area contributed by atoms with Gasteiger partial charge in [-0.25, -0.2) is 4.79 Å². The van der Waals surface area contributed by atoms with Crippen molar-refractivity contribution in [1.29, 1.82) is 0 Å². The lowest BCUT2D eigenvalue weighted by Gasteiger charge is -1.92. The molecule has 7 heteroatoms. The first kappa shape index (κ1) is 7.58. The number of carboxylic acid groups (broad SMARTS) is 1. The Morgan fingerprint density at radius 3 is 2.64 bits per heavy atom. The van der Waals surface area contributed by atoms with Gasteiger partial charge >= 0.3 is 12.5 Å². The van der Waals surface area contributed by atoms with Crippen LogP contribution in [0.4, 0.5) is 8.78 Å². The first-order valence-corrected chi connectivity index (χ1v) is 2.54. The van der Waals surface area contributed by atoms with Crippen LogP contribution in [0.15, 0.2) is 6.20 Å². The lowest BCUT2D eigenvalue weighted by Crippen LogP contribution is -1.98. The third-order valence-electron chi connectivity index (χ3n) is 0.929. The van der Waals surface area contributed by atoms with Gasteiger partial charge in [0.2, 0.25) is 0 Å². The van der Waals surface area contributed by atoms with E-state index in [0.717, 1.165) is 0 Å². The molecule has 0 radical (unpaired) electrons. The Morgan fingerprint density at radius 2 is 2.36 bits per heavy atom. The third-order valence-corrected chi connectivity index (χ3v) is 0.929. The summed E-state index contributed by atoms with van der Waals surface area (Å²) in [5.74, 6) is -1.38. The summed E-state index contributed by atoms with van der Waals surface area (Å²) in [7, 11) is 0. The van der Waals surface area contributed by atoms with Crippen LogP contribution in [0.3, 0.4) is 0 Å². The zero-order chi connectivity index (χ0) is 8.43. The van der Waals surface area contributed by atoms with Crippen LogP contribution in [0.1, 0.15) is 17.0 Å². The highest BCUT2D eigenvalue weighted by Crippen LogP contribution is 2.06. The minimum Gasteiger partial charge on any atom is -0.476 e. The molecule has 0 bridgehead atoms. The highest BCUT2D eigenvalue weighted by atomic mass is 19.3. The van der Waals surface area contributed by atoms with Gasteiger partial charge in [0, 0.05) is 0 Å². The van der Waals surface area contributed by atoms with E-state index in [4.69, 9.17) is 5.11 Å². The fourth-order valence-corrected chi connectivity index (χ4v) is 0.470. The van der Waals surface area contributed by atoms with Crippen molar-refractivity contribution in [3.05, 3.63) is 11.9 Å². The van der Waals surface area contributed by atoms with Gasteiger partial charge in [0.25, 0.3) is 0 Å². The lowest BCUT2D eigenvalue weighted by molar-refractivity contribution is 0.0545. The summed E-state index contributed by atoms with van der Waals surface area (Å²) in [5, 5.41) is 14.1. The summed E-state index contributed by atoms with van der Waals surface area (Å²) in [6.07, 6.45) is 0.660. The van der Waals surface area contributed by atoms with E-state index in [1.807, 2.05) is 0 Å². The second kappa shape index (κ2) is 2.60. The van der Waals surface area contributed by atoms with Crippen molar-refractivity contribution in [2.24, 2.45) is 0 Å². The highest BCUT2D eigenvalue weighted by Gasteiger charge is 2.12. The molecular weight excluding hydrogens is 160 g/mol. The molecule has 0 aliphatic rings. The Morgan fingerprint density at radius 1 is 1.73 bits per heavy atom. The zero-order valence-corrected chi connectivity index (χ0v) is 5.11. The van der Waals surface area contributed by atoms with Crippen LogP contribution in [0.25, 0.3) is 0 Å².